The molecule has 0 saturated heterocycles. The quantitative estimate of drug-likeness (QED) is 0.940. The minimum atomic E-state index is -0.297. The Kier molecular flexibility index (Phi) is 4.50. The molecule has 2 heterocycles. The number of pyridine rings is 1. The molecule has 0 unspecified atom stereocenters. The number of carbonyl (C=O) groups excluding carboxylic acids is 1. The van der Waals surface area contributed by atoms with Crippen LogP contribution in [0.2, 0.25) is 5.02 Å². The highest BCUT2D eigenvalue weighted by Gasteiger charge is 2.23. The zero-order valence-electron chi connectivity index (χ0n) is 12.7. The van der Waals surface area contributed by atoms with E-state index < -0.39 is 0 Å². The van der Waals surface area contributed by atoms with Gasteiger partial charge in [0.2, 0.25) is 5.91 Å². The van der Waals surface area contributed by atoms with Crippen molar-refractivity contribution in [2.45, 2.75) is 18.9 Å². The number of amides is 1. The molecule has 1 aromatic carbocycles. The van der Waals surface area contributed by atoms with E-state index in [1.165, 1.54) is 16.2 Å². The molecule has 2 aromatic rings. The smallest absolute Gasteiger partial charge is 0.269 e. The summed E-state index contributed by atoms with van der Waals surface area (Å²) in [4.78, 5) is 23.8. The van der Waals surface area contributed by atoms with E-state index in [-0.39, 0.29) is 29.0 Å². The van der Waals surface area contributed by atoms with Gasteiger partial charge in [0.1, 0.15) is 5.02 Å². The molecule has 0 bridgehead atoms. The van der Waals surface area contributed by atoms with Gasteiger partial charge in [0.05, 0.1) is 24.8 Å². The van der Waals surface area contributed by atoms with E-state index in [2.05, 4.69) is 11.4 Å². The molecule has 120 valence electrons. The van der Waals surface area contributed by atoms with Crippen molar-refractivity contribution >= 4 is 23.2 Å². The average Bonchev–Trinajstić information content (AvgIpc) is 2.53. The Morgan fingerprint density at radius 1 is 1.43 bits per heavy atom. The van der Waals surface area contributed by atoms with E-state index in [1.807, 2.05) is 18.2 Å². The van der Waals surface area contributed by atoms with Crippen LogP contribution in [0.3, 0.4) is 0 Å². The number of rotatable bonds is 3. The topological polar surface area (TPSA) is 60.3 Å². The first kappa shape index (κ1) is 15.8. The normalized spacial score (nSPS) is 16.7. The second kappa shape index (κ2) is 6.56. The number of nitrogens with zero attached hydrogens (tertiary/aromatic N) is 1. The lowest BCUT2D eigenvalue weighted by Crippen LogP contribution is -2.23. The SMILES string of the molecule is Cn1cc(NC(=O)C[C@H]2OCCc3ccccc32)cc(Cl)c1=O. The summed E-state index contributed by atoms with van der Waals surface area (Å²) in [5, 5.41) is 2.84. The van der Waals surface area contributed by atoms with Crippen LogP contribution in [0, 0.1) is 0 Å². The van der Waals surface area contributed by atoms with Crippen molar-refractivity contribution in [3.05, 3.63) is 63.0 Å². The summed E-state index contributed by atoms with van der Waals surface area (Å²) in [6.45, 7) is 0.612. The number of carbonyl (C=O) groups is 1. The fourth-order valence-corrected chi connectivity index (χ4v) is 3.02. The van der Waals surface area contributed by atoms with Gasteiger partial charge in [-0.3, -0.25) is 9.59 Å². The second-order valence-electron chi connectivity index (χ2n) is 5.55. The Bertz CT molecular complexity index is 774. The predicted octanol–water partition coefficient (Wildman–Crippen LogP) is 2.68. The summed E-state index contributed by atoms with van der Waals surface area (Å²) in [5.74, 6) is -0.179. The molecule has 1 aliphatic rings. The Labute approximate surface area is 138 Å². The van der Waals surface area contributed by atoms with Crippen molar-refractivity contribution in [1.82, 2.24) is 4.57 Å². The molecule has 0 radical (unpaired) electrons. The van der Waals surface area contributed by atoms with Crippen LogP contribution in [-0.4, -0.2) is 17.1 Å². The maximum atomic E-state index is 12.3. The first-order chi connectivity index (χ1) is 11.0. The first-order valence-electron chi connectivity index (χ1n) is 7.40. The van der Waals surface area contributed by atoms with Crippen LogP contribution >= 0.6 is 11.6 Å². The summed E-state index contributed by atoms with van der Waals surface area (Å²) < 4.78 is 7.07. The van der Waals surface area contributed by atoms with Gasteiger partial charge < -0.3 is 14.6 Å². The largest absolute Gasteiger partial charge is 0.373 e. The molecule has 6 heteroatoms. The first-order valence-corrected chi connectivity index (χ1v) is 7.78. The number of benzene rings is 1. The van der Waals surface area contributed by atoms with Crippen LogP contribution in [0.5, 0.6) is 0 Å². The van der Waals surface area contributed by atoms with Crippen LogP contribution < -0.4 is 10.9 Å². The predicted molar refractivity (Wildman–Crippen MR) is 88.8 cm³/mol. The monoisotopic (exact) mass is 332 g/mol. The van der Waals surface area contributed by atoms with Gasteiger partial charge in [-0.2, -0.15) is 0 Å². The Morgan fingerprint density at radius 3 is 3.00 bits per heavy atom. The molecule has 0 fully saturated rings. The average molecular weight is 333 g/mol. The molecule has 1 N–H and O–H groups in total. The second-order valence-corrected chi connectivity index (χ2v) is 5.96. The molecule has 1 atom stereocenters. The van der Waals surface area contributed by atoms with Gasteiger partial charge in [-0.25, -0.2) is 0 Å². The van der Waals surface area contributed by atoms with Crippen LogP contribution in [0.4, 0.5) is 5.69 Å². The van der Waals surface area contributed by atoms with Crippen molar-refractivity contribution in [1.29, 1.82) is 0 Å². The highest BCUT2D eigenvalue weighted by Crippen LogP contribution is 2.29. The van der Waals surface area contributed by atoms with E-state index in [9.17, 15) is 9.59 Å². The summed E-state index contributed by atoms with van der Waals surface area (Å²) in [6.07, 6.45) is 2.38. The number of halogens is 1. The van der Waals surface area contributed by atoms with Gasteiger partial charge in [0.15, 0.2) is 0 Å². The van der Waals surface area contributed by atoms with Gasteiger partial charge in [0, 0.05) is 13.2 Å². The number of ether oxygens (including phenoxy) is 1. The molecule has 5 nitrogen and oxygen atoms in total. The number of aryl methyl sites for hydroxylation is 1. The maximum Gasteiger partial charge on any atom is 0.269 e. The fourth-order valence-electron chi connectivity index (χ4n) is 2.77. The van der Waals surface area contributed by atoms with Crippen LogP contribution in [0.25, 0.3) is 0 Å². The van der Waals surface area contributed by atoms with E-state index in [0.717, 1.165) is 12.0 Å². The zero-order chi connectivity index (χ0) is 16.4. The number of nitrogens with one attached hydrogen (secondary N) is 1. The minimum Gasteiger partial charge on any atom is -0.373 e. The summed E-state index contributed by atoms with van der Waals surface area (Å²) in [5.41, 5.74) is 2.48. The van der Waals surface area contributed by atoms with Crippen molar-refractivity contribution < 1.29 is 9.53 Å². The third-order valence-corrected chi connectivity index (χ3v) is 4.16. The van der Waals surface area contributed by atoms with E-state index in [0.29, 0.717) is 12.3 Å². The maximum absolute atomic E-state index is 12.3. The molecular weight excluding hydrogens is 316 g/mol. The summed E-state index contributed by atoms with van der Waals surface area (Å²) in [6, 6.07) is 9.46. The molecule has 1 aromatic heterocycles. The number of anilines is 1. The lowest BCUT2D eigenvalue weighted by molar-refractivity contribution is -0.119. The van der Waals surface area contributed by atoms with E-state index >= 15 is 0 Å². The third kappa shape index (κ3) is 3.46. The molecule has 1 amide bonds. The molecule has 0 aliphatic carbocycles. The van der Waals surface area contributed by atoms with Crippen LogP contribution in [-0.2, 0) is 23.0 Å². The third-order valence-electron chi connectivity index (χ3n) is 3.89. The molecule has 0 spiro atoms. The van der Waals surface area contributed by atoms with Crippen LogP contribution in [0.15, 0.2) is 41.3 Å². The molecule has 23 heavy (non-hydrogen) atoms. The zero-order valence-corrected chi connectivity index (χ0v) is 13.5. The Hall–Kier alpha value is -2.11. The van der Waals surface area contributed by atoms with Crippen molar-refractivity contribution in [3.8, 4) is 0 Å². The van der Waals surface area contributed by atoms with Crippen LogP contribution in [0.1, 0.15) is 23.7 Å². The van der Waals surface area contributed by atoms with Crippen molar-refractivity contribution in [2.24, 2.45) is 7.05 Å². The number of aromatic nitrogens is 1. The lowest BCUT2D eigenvalue weighted by atomic mass is 9.95. The number of fused-ring (bicyclic) bond motifs is 1. The Morgan fingerprint density at radius 2 is 2.22 bits per heavy atom. The van der Waals surface area contributed by atoms with E-state index in [1.54, 1.807) is 13.2 Å². The van der Waals surface area contributed by atoms with Gasteiger partial charge in [-0.1, -0.05) is 35.9 Å². The highest BCUT2D eigenvalue weighted by atomic mass is 35.5. The molecular formula is C17H17ClN2O3. The van der Waals surface area contributed by atoms with Crippen molar-refractivity contribution in [2.75, 3.05) is 11.9 Å². The van der Waals surface area contributed by atoms with E-state index in [4.69, 9.17) is 16.3 Å². The molecule has 0 saturated carbocycles. The lowest BCUT2D eigenvalue weighted by Gasteiger charge is -2.25. The van der Waals surface area contributed by atoms with Gasteiger partial charge in [-0.05, 0) is 23.6 Å². The van der Waals surface area contributed by atoms with Crippen molar-refractivity contribution in [3.63, 3.8) is 0 Å². The number of hydrogen-bond donors (Lipinski definition) is 1. The summed E-state index contributed by atoms with van der Waals surface area (Å²) >= 11 is 5.85. The van der Waals surface area contributed by atoms with Gasteiger partial charge >= 0.3 is 0 Å². The molecule has 3 rings (SSSR count). The fraction of sp³-hybridized carbons (Fsp3) is 0.294. The van der Waals surface area contributed by atoms with Gasteiger partial charge in [0.25, 0.3) is 5.56 Å². The standard InChI is InChI=1S/C17H17ClN2O3/c1-20-10-12(8-14(18)17(20)22)19-16(21)9-15-13-5-3-2-4-11(13)6-7-23-15/h2-5,8,10,15H,6-7,9H2,1H3,(H,19,21)/t15-/m1/s1. The minimum absolute atomic E-state index is 0.0737. The van der Waals surface area contributed by atoms with Gasteiger partial charge in [-0.15, -0.1) is 0 Å². The number of hydrogen-bond acceptors (Lipinski definition) is 3. The molecule has 1 aliphatic heterocycles. The highest BCUT2D eigenvalue weighted by molar-refractivity contribution is 6.30. The Balaban J connectivity index is 1.72. The summed E-state index contributed by atoms with van der Waals surface area (Å²) in [7, 11) is 1.59.